The number of ether oxygens (including phenoxy) is 1. The van der Waals surface area contributed by atoms with Crippen molar-refractivity contribution in [3.8, 4) is 5.75 Å². The molecular weight excluding hydrogens is 398 g/mol. The van der Waals surface area contributed by atoms with E-state index in [4.69, 9.17) is 16.3 Å². The standard InChI is InChI=1S/C16H15BrClN3O3/c1-10(24-14-5-4-11(18)7-13(14)17)16(23)20-9-15(22)21-12-3-2-6-19-8-12/h2-8,10H,9H2,1H3,(H,20,23)(H,21,22). The van der Waals surface area contributed by atoms with Crippen LogP contribution < -0.4 is 15.4 Å². The molecular formula is C16H15BrClN3O3. The first-order chi connectivity index (χ1) is 11.5. The third kappa shape index (κ3) is 5.50. The van der Waals surface area contributed by atoms with Crippen LogP contribution in [0, 0.1) is 0 Å². The van der Waals surface area contributed by atoms with Crippen molar-refractivity contribution < 1.29 is 14.3 Å². The number of nitrogens with one attached hydrogen (secondary N) is 2. The van der Waals surface area contributed by atoms with Crippen LogP contribution in [0.1, 0.15) is 6.92 Å². The highest BCUT2D eigenvalue weighted by Gasteiger charge is 2.17. The Balaban J connectivity index is 1.82. The molecule has 0 aliphatic heterocycles. The summed E-state index contributed by atoms with van der Waals surface area (Å²) in [6, 6.07) is 8.40. The highest BCUT2D eigenvalue weighted by molar-refractivity contribution is 9.10. The molecule has 0 spiro atoms. The molecule has 0 bridgehead atoms. The zero-order valence-electron chi connectivity index (χ0n) is 12.8. The van der Waals surface area contributed by atoms with Crippen molar-refractivity contribution in [1.29, 1.82) is 0 Å². The number of carbonyl (C=O) groups is 2. The molecule has 24 heavy (non-hydrogen) atoms. The monoisotopic (exact) mass is 411 g/mol. The number of aromatic nitrogens is 1. The summed E-state index contributed by atoms with van der Waals surface area (Å²) in [7, 11) is 0. The molecule has 1 unspecified atom stereocenters. The fourth-order valence-electron chi connectivity index (χ4n) is 1.77. The molecule has 1 aromatic carbocycles. The Bertz CT molecular complexity index is 728. The minimum atomic E-state index is -0.770. The molecule has 0 radical (unpaired) electrons. The van der Waals surface area contributed by atoms with Crippen LogP contribution in [0.4, 0.5) is 5.69 Å². The smallest absolute Gasteiger partial charge is 0.261 e. The van der Waals surface area contributed by atoms with Crippen LogP contribution in [0.25, 0.3) is 0 Å². The molecule has 2 aromatic rings. The predicted octanol–water partition coefficient (Wildman–Crippen LogP) is 3.02. The van der Waals surface area contributed by atoms with Crippen molar-refractivity contribution in [1.82, 2.24) is 10.3 Å². The molecule has 0 saturated carbocycles. The van der Waals surface area contributed by atoms with Crippen LogP contribution in [-0.2, 0) is 9.59 Å². The maximum atomic E-state index is 12.0. The number of pyridine rings is 1. The lowest BCUT2D eigenvalue weighted by molar-refractivity contribution is -0.129. The van der Waals surface area contributed by atoms with Crippen LogP contribution >= 0.6 is 27.5 Å². The second-order valence-electron chi connectivity index (χ2n) is 4.84. The van der Waals surface area contributed by atoms with Crippen LogP contribution in [0.2, 0.25) is 5.02 Å². The van der Waals surface area contributed by atoms with Crippen LogP contribution in [0.15, 0.2) is 47.2 Å². The summed E-state index contributed by atoms with van der Waals surface area (Å²) >= 11 is 9.17. The van der Waals surface area contributed by atoms with Gasteiger partial charge in [-0.15, -0.1) is 0 Å². The zero-order chi connectivity index (χ0) is 17.5. The number of amides is 2. The minimum Gasteiger partial charge on any atom is -0.480 e. The summed E-state index contributed by atoms with van der Waals surface area (Å²) in [5.74, 6) is -0.267. The van der Waals surface area contributed by atoms with E-state index in [0.29, 0.717) is 20.9 Å². The quantitative estimate of drug-likeness (QED) is 0.764. The molecule has 0 aliphatic rings. The summed E-state index contributed by atoms with van der Waals surface area (Å²) in [6.07, 6.45) is 2.35. The van der Waals surface area contributed by atoms with Gasteiger partial charge >= 0.3 is 0 Å². The first kappa shape index (κ1) is 18.2. The highest BCUT2D eigenvalue weighted by Crippen LogP contribution is 2.28. The van der Waals surface area contributed by atoms with Gasteiger partial charge < -0.3 is 15.4 Å². The molecule has 6 nitrogen and oxygen atoms in total. The van der Waals surface area contributed by atoms with Crippen molar-refractivity contribution in [2.75, 3.05) is 11.9 Å². The second kappa shape index (κ2) is 8.65. The summed E-state index contributed by atoms with van der Waals surface area (Å²) in [5, 5.41) is 5.69. The summed E-state index contributed by atoms with van der Waals surface area (Å²) in [4.78, 5) is 27.7. The Labute approximate surface area is 152 Å². The predicted molar refractivity (Wildman–Crippen MR) is 95.1 cm³/mol. The topological polar surface area (TPSA) is 80.3 Å². The van der Waals surface area contributed by atoms with Gasteiger partial charge in [0.15, 0.2) is 6.10 Å². The summed E-state index contributed by atoms with van der Waals surface area (Å²) in [5.41, 5.74) is 0.561. The molecule has 1 aromatic heterocycles. The number of anilines is 1. The molecule has 0 aliphatic carbocycles. The van der Waals surface area contributed by atoms with Crippen molar-refractivity contribution >= 4 is 45.0 Å². The average Bonchev–Trinajstić information content (AvgIpc) is 2.56. The van der Waals surface area contributed by atoms with Gasteiger partial charge in [-0.2, -0.15) is 0 Å². The van der Waals surface area contributed by atoms with Gasteiger partial charge in [0.05, 0.1) is 22.9 Å². The normalized spacial score (nSPS) is 11.5. The Kier molecular flexibility index (Phi) is 6.57. The molecule has 1 atom stereocenters. The second-order valence-corrected chi connectivity index (χ2v) is 6.13. The van der Waals surface area contributed by atoms with Crippen molar-refractivity contribution in [2.24, 2.45) is 0 Å². The largest absolute Gasteiger partial charge is 0.480 e. The van der Waals surface area contributed by atoms with Gasteiger partial charge in [0.2, 0.25) is 5.91 Å². The molecule has 2 amide bonds. The van der Waals surface area contributed by atoms with E-state index >= 15 is 0 Å². The molecule has 2 N–H and O–H groups in total. The van der Waals surface area contributed by atoms with E-state index in [1.807, 2.05) is 0 Å². The molecule has 8 heteroatoms. The number of halogens is 2. The maximum Gasteiger partial charge on any atom is 0.261 e. The minimum absolute atomic E-state index is 0.163. The van der Waals surface area contributed by atoms with Gasteiger partial charge in [0.25, 0.3) is 5.91 Å². The van der Waals surface area contributed by atoms with E-state index in [0.717, 1.165) is 0 Å². The lowest BCUT2D eigenvalue weighted by Gasteiger charge is -2.15. The fourth-order valence-corrected chi connectivity index (χ4v) is 2.54. The van der Waals surface area contributed by atoms with Gasteiger partial charge in [-0.25, -0.2) is 0 Å². The first-order valence-corrected chi connectivity index (χ1v) is 8.22. The van der Waals surface area contributed by atoms with Gasteiger partial charge in [-0.05, 0) is 53.2 Å². The van der Waals surface area contributed by atoms with Crippen molar-refractivity contribution in [3.05, 3.63) is 52.2 Å². The number of carbonyl (C=O) groups excluding carboxylic acids is 2. The number of hydrogen-bond donors (Lipinski definition) is 2. The summed E-state index contributed by atoms with van der Waals surface area (Å²) < 4.78 is 6.20. The van der Waals surface area contributed by atoms with Crippen molar-refractivity contribution in [2.45, 2.75) is 13.0 Å². The first-order valence-electron chi connectivity index (χ1n) is 7.05. The van der Waals surface area contributed by atoms with Gasteiger partial charge in [-0.1, -0.05) is 11.6 Å². The highest BCUT2D eigenvalue weighted by atomic mass is 79.9. The molecule has 0 saturated heterocycles. The Morgan fingerprint density at radius 1 is 1.38 bits per heavy atom. The third-order valence-electron chi connectivity index (χ3n) is 2.94. The Morgan fingerprint density at radius 3 is 2.83 bits per heavy atom. The molecule has 126 valence electrons. The van der Waals surface area contributed by atoms with Gasteiger partial charge in [0.1, 0.15) is 5.75 Å². The SMILES string of the molecule is CC(Oc1ccc(Cl)cc1Br)C(=O)NCC(=O)Nc1cccnc1. The molecule has 0 fully saturated rings. The zero-order valence-corrected chi connectivity index (χ0v) is 15.1. The molecule has 2 rings (SSSR count). The number of rotatable bonds is 6. The van der Waals surface area contributed by atoms with Gasteiger partial charge in [-0.3, -0.25) is 14.6 Å². The van der Waals surface area contributed by atoms with Crippen LogP contribution in [-0.4, -0.2) is 29.4 Å². The average molecular weight is 413 g/mol. The lowest BCUT2D eigenvalue weighted by atomic mass is 10.3. The van der Waals surface area contributed by atoms with E-state index in [-0.39, 0.29) is 12.5 Å². The maximum absolute atomic E-state index is 12.0. The number of benzene rings is 1. The van der Waals surface area contributed by atoms with Gasteiger partial charge in [0, 0.05) is 11.2 Å². The summed E-state index contributed by atoms with van der Waals surface area (Å²) in [6.45, 7) is 1.43. The Morgan fingerprint density at radius 2 is 2.17 bits per heavy atom. The van der Waals surface area contributed by atoms with E-state index in [1.165, 1.54) is 6.20 Å². The number of nitrogens with zero attached hydrogens (tertiary/aromatic N) is 1. The van der Waals surface area contributed by atoms with Crippen LogP contribution in [0.3, 0.4) is 0 Å². The lowest BCUT2D eigenvalue weighted by Crippen LogP contribution is -2.40. The Hall–Kier alpha value is -2.12. The van der Waals surface area contributed by atoms with E-state index in [1.54, 1.807) is 43.5 Å². The molecule has 1 heterocycles. The van der Waals surface area contributed by atoms with Crippen molar-refractivity contribution in [3.63, 3.8) is 0 Å². The number of hydrogen-bond acceptors (Lipinski definition) is 4. The van der Waals surface area contributed by atoms with E-state index in [2.05, 4.69) is 31.5 Å². The van der Waals surface area contributed by atoms with E-state index in [9.17, 15) is 9.59 Å². The third-order valence-corrected chi connectivity index (χ3v) is 3.79. The van der Waals surface area contributed by atoms with Crippen LogP contribution in [0.5, 0.6) is 5.75 Å². The fraction of sp³-hybridized carbons (Fsp3) is 0.188. The van der Waals surface area contributed by atoms with E-state index < -0.39 is 12.0 Å².